The molecule has 1 aliphatic rings. The highest BCUT2D eigenvalue weighted by atomic mass is 16.5. The number of nitrogens with one attached hydrogen (secondary N) is 1. The Hall–Kier alpha value is -0.610. The van der Waals surface area contributed by atoms with E-state index in [0.717, 1.165) is 6.42 Å². The molecule has 0 saturated carbocycles. The highest BCUT2D eigenvalue weighted by Crippen LogP contribution is 2.22. The third-order valence-electron chi connectivity index (χ3n) is 2.68. The summed E-state index contributed by atoms with van der Waals surface area (Å²) in [4.78, 5) is 11.6. The van der Waals surface area contributed by atoms with Gasteiger partial charge in [-0.05, 0) is 33.1 Å². The zero-order valence-corrected chi connectivity index (χ0v) is 11.6. The molecule has 2 unspecified atom stereocenters. The van der Waals surface area contributed by atoms with Crippen LogP contribution in [0, 0.1) is 5.92 Å². The molecule has 1 fully saturated rings. The molecular formula is C13H25NO3. The number of carbonyl (C=O) groups is 1. The predicted molar refractivity (Wildman–Crippen MR) is 66.6 cm³/mol. The molecule has 0 aromatic heterocycles. The fraction of sp³-hybridized carbons (Fsp3) is 0.923. The zero-order valence-electron chi connectivity index (χ0n) is 11.6. The maximum atomic E-state index is 11.6. The molecular weight excluding hydrogens is 218 g/mol. The molecule has 4 nitrogen and oxygen atoms in total. The highest BCUT2D eigenvalue weighted by molar-refractivity contribution is 5.69. The van der Waals surface area contributed by atoms with Crippen LogP contribution in [0.5, 0.6) is 0 Å². The second-order valence-corrected chi connectivity index (χ2v) is 5.95. The Morgan fingerprint density at radius 2 is 2.18 bits per heavy atom. The van der Waals surface area contributed by atoms with Gasteiger partial charge in [0.2, 0.25) is 0 Å². The molecule has 0 bridgehead atoms. The van der Waals surface area contributed by atoms with Gasteiger partial charge in [0.15, 0.2) is 0 Å². The lowest BCUT2D eigenvalue weighted by Crippen LogP contribution is -2.55. The van der Waals surface area contributed by atoms with Crippen molar-refractivity contribution in [3.05, 3.63) is 0 Å². The highest BCUT2D eigenvalue weighted by Gasteiger charge is 2.33. The minimum atomic E-state index is -0.228. The van der Waals surface area contributed by atoms with Gasteiger partial charge in [0.25, 0.3) is 0 Å². The average molecular weight is 243 g/mol. The van der Waals surface area contributed by atoms with E-state index in [1.165, 1.54) is 0 Å². The van der Waals surface area contributed by atoms with Crippen LogP contribution >= 0.6 is 0 Å². The van der Waals surface area contributed by atoms with Crippen molar-refractivity contribution in [3.63, 3.8) is 0 Å². The molecule has 1 rings (SSSR count). The third-order valence-corrected chi connectivity index (χ3v) is 2.68. The van der Waals surface area contributed by atoms with Gasteiger partial charge in [-0.2, -0.15) is 0 Å². The summed E-state index contributed by atoms with van der Waals surface area (Å²) in [6.07, 6.45) is 1.17. The predicted octanol–water partition coefficient (Wildman–Crippen LogP) is 2.08. The Kier molecular flexibility index (Phi) is 4.95. The molecule has 1 aliphatic heterocycles. The van der Waals surface area contributed by atoms with Crippen LogP contribution in [0.15, 0.2) is 0 Å². The van der Waals surface area contributed by atoms with Gasteiger partial charge in [-0.1, -0.05) is 13.8 Å². The first kappa shape index (κ1) is 14.5. The number of rotatable bonds is 4. The average Bonchev–Trinajstić information content (AvgIpc) is 2.11. The van der Waals surface area contributed by atoms with Gasteiger partial charge in [0.1, 0.15) is 6.23 Å². The van der Waals surface area contributed by atoms with Gasteiger partial charge < -0.3 is 9.47 Å². The molecule has 17 heavy (non-hydrogen) atoms. The number of hydrogen-bond donors (Lipinski definition) is 1. The minimum absolute atomic E-state index is 0.0145. The van der Waals surface area contributed by atoms with Crippen molar-refractivity contribution in [1.82, 2.24) is 5.32 Å². The number of ether oxygens (including phenoxy) is 2. The van der Waals surface area contributed by atoms with Gasteiger partial charge in [-0.25, -0.2) is 0 Å². The summed E-state index contributed by atoms with van der Waals surface area (Å²) in [5, 5.41) is 3.32. The second-order valence-electron chi connectivity index (χ2n) is 5.95. The van der Waals surface area contributed by atoms with Crippen molar-refractivity contribution < 1.29 is 14.3 Å². The van der Waals surface area contributed by atoms with Crippen molar-refractivity contribution in [2.24, 2.45) is 5.92 Å². The molecule has 0 spiro atoms. The van der Waals surface area contributed by atoms with E-state index in [4.69, 9.17) is 9.47 Å². The Labute approximate surface area is 104 Å². The van der Waals surface area contributed by atoms with E-state index in [-0.39, 0.29) is 30.3 Å². The summed E-state index contributed by atoms with van der Waals surface area (Å²) >= 11 is 0. The van der Waals surface area contributed by atoms with Crippen LogP contribution in [0.25, 0.3) is 0 Å². The molecule has 0 amide bonds. The number of carbonyl (C=O) groups excluding carboxylic acids is 1. The molecule has 0 aromatic rings. The van der Waals surface area contributed by atoms with Crippen LogP contribution in [0.4, 0.5) is 0 Å². The Morgan fingerprint density at radius 3 is 2.71 bits per heavy atom. The first-order valence-corrected chi connectivity index (χ1v) is 6.37. The molecule has 100 valence electrons. The lowest BCUT2D eigenvalue weighted by atomic mass is 9.95. The maximum Gasteiger partial charge on any atom is 0.309 e. The van der Waals surface area contributed by atoms with Gasteiger partial charge in [-0.15, -0.1) is 0 Å². The summed E-state index contributed by atoms with van der Waals surface area (Å²) in [7, 11) is 0. The Morgan fingerprint density at radius 1 is 1.53 bits per heavy atom. The van der Waals surface area contributed by atoms with E-state index >= 15 is 0 Å². The normalized spacial score (nSPS) is 28.1. The number of esters is 1. The molecule has 1 heterocycles. The quantitative estimate of drug-likeness (QED) is 0.768. The topological polar surface area (TPSA) is 47.6 Å². The largest absolute Gasteiger partial charge is 0.465 e. The standard InChI is InChI=1S/C13H25NO3/c1-9(2)8-16-12(15)6-11-14-13(4,5)7-10(3)17-11/h9-11,14H,6-8H2,1-5H3. The summed E-state index contributed by atoms with van der Waals surface area (Å²) < 4.78 is 10.8. The SMILES string of the molecule is CC(C)COC(=O)CC1NC(C)(C)CC(C)O1. The Balaban J connectivity index is 2.37. The van der Waals surface area contributed by atoms with E-state index in [1.54, 1.807) is 0 Å². The van der Waals surface area contributed by atoms with Gasteiger partial charge in [0, 0.05) is 5.54 Å². The van der Waals surface area contributed by atoms with Crippen molar-refractivity contribution in [3.8, 4) is 0 Å². The van der Waals surface area contributed by atoms with E-state index in [2.05, 4.69) is 19.2 Å². The molecule has 2 atom stereocenters. The van der Waals surface area contributed by atoms with Crippen molar-refractivity contribution in [1.29, 1.82) is 0 Å². The minimum Gasteiger partial charge on any atom is -0.465 e. The molecule has 0 radical (unpaired) electrons. The first-order chi connectivity index (χ1) is 7.78. The number of hydrogen-bond acceptors (Lipinski definition) is 4. The van der Waals surface area contributed by atoms with Crippen LogP contribution in [0.3, 0.4) is 0 Å². The second kappa shape index (κ2) is 5.83. The van der Waals surface area contributed by atoms with Crippen molar-refractivity contribution in [2.75, 3.05) is 6.61 Å². The summed E-state index contributed by atoms with van der Waals surface area (Å²) in [6.45, 7) is 10.8. The van der Waals surface area contributed by atoms with Gasteiger partial charge >= 0.3 is 5.97 Å². The molecule has 0 aliphatic carbocycles. The molecule has 1 saturated heterocycles. The zero-order chi connectivity index (χ0) is 13.1. The van der Waals surface area contributed by atoms with Crippen LogP contribution < -0.4 is 5.32 Å². The monoisotopic (exact) mass is 243 g/mol. The summed E-state index contributed by atoms with van der Waals surface area (Å²) in [5.41, 5.74) is 0.0145. The van der Waals surface area contributed by atoms with Gasteiger partial charge in [-0.3, -0.25) is 10.1 Å². The molecule has 0 aromatic carbocycles. The maximum absolute atomic E-state index is 11.6. The van der Waals surface area contributed by atoms with E-state index in [1.807, 2.05) is 20.8 Å². The van der Waals surface area contributed by atoms with Crippen molar-refractivity contribution in [2.45, 2.75) is 65.3 Å². The lowest BCUT2D eigenvalue weighted by Gasteiger charge is -2.40. The summed E-state index contributed by atoms with van der Waals surface area (Å²) in [5.74, 6) is 0.177. The first-order valence-electron chi connectivity index (χ1n) is 6.37. The summed E-state index contributed by atoms with van der Waals surface area (Å²) in [6, 6.07) is 0. The fourth-order valence-electron chi connectivity index (χ4n) is 2.14. The van der Waals surface area contributed by atoms with E-state index in [0.29, 0.717) is 12.5 Å². The van der Waals surface area contributed by atoms with Crippen LogP contribution in [0.1, 0.15) is 47.5 Å². The van der Waals surface area contributed by atoms with E-state index in [9.17, 15) is 4.79 Å². The molecule has 4 heteroatoms. The van der Waals surface area contributed by atoms with Crippen molar-refractivity contribution >= 4 is 5.97 Å². The Bertz CT molecular complexity index is 263. The van der Waals surface area contributed by atoms with E-state index < -0.39 is 0 Å². The lowest BCUT2D eigenvalue weighted by molar-refractivity contribution is -0.154. The molecule has 1 N–H and O–H groups in total. The van der Waals surface area contributed by atoms with Crippen LogP contribution in [-0.4, -0.2) is 30.4 Å². The van der Waals surface area contributed by atoms with Crippen LogP contribution in [-0.2, 0) is 14.3 Å². The fourth-order valence-corrected chi connectivity index (χ4v) is 2.14. The third kappa shape index (κ3) is 5.50. The van der Waals surface area contributed by atoms with Crippen LogP contribution in [0.2, 0.25) is 0 Å². The smallest absolute Gasteiger partial charge is 0.309 e. The van der Waals surface area contributed by atoms with Gasteiger partial charge in [0.05, 0.1) is 19.1 Å².